The third kappa shape index (κ3) is 2.79. The molecule has 92 valence electrons. The minimum atomic E-state index is 0.574. The minimum absolute atomic E-state index is 0.574. The van der Waals surface area contributed by atoms with Crippen molar-refractivity contribution in [2.24, 2.45) is 0 Å². The van der Waals surface area contributed by atoms with Gasteiger partial charge in [-0.05, 0) is 30.9 Å². The zero-order valence-corrected chi connectivity index (χ0v) is 10.7. The highest BCUT2D eigenvalue weighted by Crippen LogP contribution is 2.21. The zero-order valence-electron chi connectivity index (χ0n) is 9.90. The summed E-state index contributed by atoms with van der Waals surface area (Å²) in [6.45, 7) is 3.35. The van der Waals surface area contributed by atoms with Crippen molar-refractivity contribution in [1.82, 2.24) is 15.2 Å². The molecular weight excluding hydrogens is 234 g/mol. The van der Waals surface area contributed by atoms with Crippen LogP contribution >= 0.6 is 11.6 Å². The van der Waals surface area contributed by atoms with Crippen molar-refractivity contribution in [1.29, 1.82) is 0 Å². The lowest BCUT2D eigenvalue weighted by atomic mass is 10.1. The number of pyridine rings is 1. The van der Waals surface area contributed by atoms with E-state index in [-0.39, 0.29) is 0 Å². The van der Waals surface area contributed by atoms with E-state index in [1.54, 1.807) is 0 Å². The molecule has 3 heterocycles. The molecule has 1 N–H and O–H groups in total. The van der Waals surface area contributed by atoms with Crippen LogP contribution in [0.25, 0.3) is 0 Å². The fraction of sp³-hybridized carbons (Fsp3) is 0.615. The number of nitrogens with zero attached hydrogens (tertiary/aromatic N) is 2. The number of halogens is 1. The van der Waals surface area contributed by atoms with Crippen LogP contribution in [-0.2, 0) is 6.54 Å². The van der Waals surface area contributed by atoms with Gasteiger partial charge in [-0.1, -0.05) is 17.7 Å². The Kier molecular flexibility index (Phi) is 3.32. The standard InChI is InChI=1S/C13H18ClN3/c14-13-4-1-10(7-15-13)8-17-6-5-11-2-3-12(9-17)16-11/h1,4,7,11-12,16H,2-3,5-6,8-9H2. The highest BCUT2D eigenvalue weighted by atomic mass is 35.5. The van der Waals surface area contributed by atoms with Crippen LogP contribution in [0, 0.1) is 0 Å². The first-order valence-electron chi connectivity index (χ1n) is 6.38. The first-order valence-corrected chi connectivity index (χ1v) is 6.76. The lowest BCUT2D eigenvalue weighted by Crippen LogP contribution is -2.34. The van der Waals surface area contributed by atoms with Crippen molar-refractivity contribution in [2.75, 3.05) is 13.1 Å². The van der Waals surface area contributed by atoms with Gasteiger partial charge in [-0.3, -0.25) is 4.90 Å². The van der Waals surface area contributed by atoms with Gasteiger partial charge in [0.1, 0.15) is 5.15 Å². The van der Waals surface area contributed by atoms with E-state index < -0.39 is 0 Å². The summed E-state index contributed by atoms with van der Waals surface area (Å²) in [5.41, 5.74) is 1.26. The maximum Gasteiger partial charge on any atom is 0.129 e. The zero-order chi connectivity index (χ0) is 11.7. The Hall–Kier alpha value is -0.640. The molecule has 0 aliphatic carbocycles. The van der Waals surface area contributed by atoms with E-state index in [4.69, 9.17) is 11.6 Å². The summed E-state index contributed by atoms with van der Waals surface area (Å²) in [7, 11) is 0. The maximum atomic E-state index is 5.80. The number of rotatable bonds is 2. The molecule has 3 rings (SSSR count). The van der Waals surface area contributed by atoms with E-state index in [1.165, 1.54) is 37.9 Å². The van der Waals surface area contributed by atoms with Gasteiger partial charge in [-0.2, -0.15) is 0 Å². The van der Waals surface area contributed by atoms with Crippen LogP contribution in [0.1, 0.15) is 24.8 Å². The molecule has 3 nitrogen and oxygen atoms in total. The predicted octanol–water partition coefficient (Wildman–Crippen LogP) is 2.06. The van der Waals surface area contributed by atoms with E-state index in [2.05, 4.69) is 21.3 Å². The highest BCUT2D eigenvalue weighted by Gasteiger charge is 2.28. The molecule has 2 saturated heterocycles. The number of hydrogen-bond donors (Lipinski definition) is 1. The van der Waals surface area contributed by atoms with Gasteiger partial charge in [-0.15, -0.1) is 0 Å². The summed E-state index contributed by atoms with van der Waals surface area (Å²) in [6, 6.07) is 5.40. The number of fused-ring (bicyclic) bond motifs is 2. The monoisotopic (exact) mass is 251 g/mol. The SMILES string of the molecule is Clc1ccc(CN2CCC3CCC(C2)N3)cn1. The van der Waals surface area contributed by atoms with E-state index in [1.807, 2.05) is 12.3 Å². The molecule has 2 fully saturated rings. The Balaban J connectivity index is 1.63. The molecule has 2 atom stereocenters. The van der Waals surface area contributed by atoms with Gasteiger partial charge in [0.25, 0.3) is 0 Å². The van der Waals surface area contributed by atoms with Crippen LogP contribution in [0.5, 0.6) is 0 Å². The second kappa shape index (κ2) is 4.92. The highest BCUT2D eigenvalue weighted by molar-refractivity contribution is 6.29. The molecule has 2 unspecified atom stereocenters. The molecule has 0 saturated carbocycles. The fourth-order valence-corrected chi connectivity index (χ4v) is 3.03. The second-order valence-electron chi connectivity index (χ2n) is 5.15. The predicted molar refractivity (Wildman–Crippen MR) is 69.1 cm³/mol. The molecule has 0 spiro atoms. The topological polar surface area (TPSA) is 28.2 Å². The molecule has 1 aromatic rings. The van der Waals surface area contributed by atoms with Crippen molar-refractivity contribution in [3.8, 4) is 0 Å². The summed E-state index contributed by atoms with van der Waals surface area (Å²) in [6.07, 6.45) is 5.86. The lowest BCUT2D eigenvalue weighted by Gasteiger charge is -2.23. The van der Waals surface area contributed by atoms with Gasteiger partial charge < -0.3 is 5.32 Å². The van der Waals surface area contributed by atoms with Gasteiger partial charge in [-0.25, -0.2) is 4.98 Å². The molecular formula is C13H18ClN3. The number of aromatic nitrogens is 1. The second-order valence-corrected chi connectivity index (χ2v) is 5.54. The Labute approximate surface area is 107 Å². The van der Waals surface area contributed by atoms with E-state index in [9.17, 15) is 0 Å². The van der Waals surface area contributed by atoms with Crippen molar-refractivity contribution < 1.29 is 0 Å². The molecule has 17 heavy (non-hydrogen) atoms. The Morgan fingerprint density at radius 2 is 2.18 bits per heavy atom. The first-order chi connectivity index (χ1) is 8.29. The van der Waals surface area contributed by atoms with Gasteiger partial charge in [0.05, 0.1) is 0 Å². The van der Waals surface area contributed by atoms with Crippen LogP contribution in [0.15, 0.2) is 18.3 Å². The average Bonchev–Trinajstić information content (AvgIpc) is 2.66. The molecule has 4 heteroatoms. The van der Waals surface area contributed by atoms with Crippen LogP contribution in [0.3, 0.4) is 0 Å². The summed E-state index contributed by atoms with van der Waals surface area (Å²) in [5.74, 6) is 0. The normalized spacial score (nSPS) is 29.2. The van der Waals surface area contributed by atoms with Gasteiger partial charge in [0.15, 0.2) is 0 Å². The largest absolute Gasteiger partial charge is 0.310 e. The maximum absolute atomic E-state index is 5.80. The Bertz CT molecular complexity index is 379. The van der Waals surface area contributed by atoms with Gasteiger partial charge in [0.2, 0.25) is 0 Å². The molecule has 1 aromatic heterocycles. The van der Waals surface area contributed by atoms with Gasteiger partial charge in [0, 0.05) is 37.9 Å². The van der Waals surface area contributed by atoms with Crippen molar-refractivity contribution in [3.63, 3.8) is 0 Å². The lowest BCUT2D eigenvalue weighted by molar-refractivity contribution is 0.250. The molecule has 2 aliphatic heterocycles. The third-order valence-electron chi connectivity index (χ3n) is 3.80. The van der Waals surface area contributed by atoms with Crippen molar-refractivity contribution >= 4 is 11.6 Å². The molecule has 0 radical (unpaired) electrons. The van der Waals surface area contributed by atoms with Crippen LogP contribution in [-0.4, -0.2) is 35.1 Å². The number of likely N-dealkylation sites (tertiary alicyclic amines) is 1. The fourth-order valence-electron chi connectivity index (χ4n) is 2.92. The third-order valence-corrected chi connectivity index (χ3v) is 4.03. The van der Waals surface area contributed by atoms with Crippen molar-refractivity contribution in [3.05, 3.63) is 29.0 Å². The minimum Gasteiger partial charge on any atom is -0.310 e. The summed E-state index contributed by atoms with van der Waals surface area (Å²) < 4.78 is 0. The Morgan fingerprint density at radius 1 is 1.29 bits per heavy atom. The van der Waals surface area contributed by atoms with Crippen LogP contribution < -0.4 is 5.32 Å². The summed E-state index contributed by atoms with van der Waals surface area (Å²) >= 11 is 5.80. The molecule has 2 bridgehead atoms. The molecule has 0 aromatic carbocycles. The Morgan fingerprint density at radius 3 is 3.00 bits per heavy atom. The smallest absolute Gasteiger partial charge is 0.129 e. The molecule has 0 amide bonds. The van der Waals surface area contributed by atoms with E-state index >= 15 is 0 Å². The summed E-state index contributed by atoms with van der Waals surface area (Å²) in [4.78, 5) is 6.67. The average molecular weight is 252 g/mol. The summed E-state index contributed by atoms with van der Waals surface area (Å²) in [5, 5.41) is 4.27. The van der Waals surface area contributed by atoms with E-state index in [0.29, 0.717) is 11.2 Å². The van der Waals surface area contributed by atoms with E-state index in [0.717, 1.165) is 12.6 Å². The number of hydrogen-bond acceptors (Lipinski definition) is 3. The van der Waals surface area contributed by atoms with Crippen LogP contribution in [0.4, 0.5) is 0 Å². The van der Waals surface area contributed by atoms with Gasteiger partial charge >= 0.3 is 0 Å². The number of nitrogens with one attached hydrogen (secondary N) is 1. The van der Waals surface area contributed by atoms with Crippen molar-refractivity contribution in [2.45, 2.75) is 37.9 Å². The van der Waals surface area contributed by atoms with Crippen LogP contribution in [0.2, 0.25) is 5.15 Å². The molecule has 2 aliphatic rings. The quantitative estimate of drug-likeness (QED) is 0.816. The first kappa shape index (κ1) is 11.5.